The first-order valence-corrected chi connectivity index (χ1v) is 18.6. The summed E-state index contributed by atoms with van der Waals surface area (Å²) < 4.78 is 2.28. The Morgan fingerprint density at radius 2 is 0.909 bits per heavy atom. The van der Waals surface area contributed by atoms with Crippen LogP contribution in [0.15, 0.2) is 188 Å². The molecule has 11 aromatic rings. The summed E-state index contributed by atoms with van der Waals surface area (Å²) in [5.74, 6) is 0. The fourth-order valence-electron chi connectivity index (χ4n) is 8.65. The Balaban J connectivity index is 1.12. The fraction of sp³-hybridized carbons (Fsp3) is 0. The largest absolute Gasteiger partial charge is 0.309 e. The molecule has 0 radical (unpaired) electrons. The van der Waals surface area contributed by atoms with Gasteiger partial charge in [-0.3, -0.25) is 0 Å². The summed E-state index contributed by atoms with van der Waals surface area (Å²) in [4.78, 5) is 5.51. The molecule has 0 amide bonds. The van der Waals surface area contributed by atoms with Crippen LogP contribution >= 0.6 is 0 Å². The molecule has 0 atom stereocenters. The van der Waals surface area contributed by atoms with Crippen molar-refractivity contribution in [3.05, 3.63) is 194 Å². The highest BCUT2D eigenvalue weighted by atomic mass is 15.0. The predicted octanol–water partition coefficient (Wildman–Crippen LogP) is 13.7. The number of para-hydroxylation sites is 1. The van der Waals surface area contributed by atoms with E-state index >= 15 is 0 Å². The molecule has 0 spiro atoms. The highest BCUT2D eigenvalue weighted by molar-refractivity contribution is 6.33. The van der Waals surface area contributed by atoms with E-state index in [1.54, 1.807) is 0 Å². The van der Waals surface area contributed by atoms with Crippen molar-refractivity contribution < 1.29 is 0 Å². The lowest BCUT2D eigenvalue weighted by Gasteiger charge is -2.17. The summed E-state index contributed by atoms with van der Waals surface area (Å²) in [5, 5.41) is 20.4. The smallest absolute Gasteiger partial charge is 0.0991 e. The number of rotatable bonds is 4. The van der Waals surface area contributed by atoms with Crippen molar-refractivity contribution >= 4 is 65.0 Å². The van der Waals surface area contributed by atoms with Gasteiger partial charge in [-0.05, 0) is 92.3 Å². The first-order valence-electron chi connectivity index (χ1n) is 18.6. The summed E-state index contributed by atoms with van der Waals surface area (Å²) in [6.07, 6.45) is 0. The molecular weight excluding hydrogens is 667 g/mol. The van der Waals surface area contributed by atoms with Gasteiger partial charge in [0.1, 0.15) is 0 Å². The maximum Gasteiger partial charge on any atom is 0.0991 e. The number of nitrogens with zero attached hydrogens (tertiary/aromatic N) is 3. The van der Waals surface area contributed by atoms with Crippen molar-refractivity contribution in [2.75, 3.05) is 0 Å². The molecule has 0 unspecified atom stereocenters. The molecule has 2 aromatic heterocycles. The molecule has 254 valence electrons. The van der Waals surface area contributed by atoms with Crippen molar-refractivity contribution in [2.24, 2.45) is 0 Å². The van der Waals surface area contributed by atoms with Crippen LogP contribution in [-0.4, -0.2) is 9.55 Å². The molecule has 3 nitrogen and oxygen atoms in total. The molecule has 0 saturated carbocycles. The second-order valence-corrected chi connectivity index (χ2v) is 14.2. The standard InChI is InChI=1S/C52H31N3/c53-32-33-19-27-48-45(29-33)46-30-37(25-28-49(46)55(48)39-13-5-2-6-14-39)35-20-22-36(23-21-35)52-51-43-18-10-8-16-41(43)40-15-7-9-17-42(40)50(51)44-26-24-38(31-47(44)54-52)34-11-3-1-4-12-34/h1-31H. The second-order valence-electron chi connectivity index (χ2n) is 14.2. The molecule has 0 aliphatic heterocycles. The Kier molecular flexibility index (Phi) is 6.92. The SMILES string of the molecule is N#Cc1ccc2c(c1)c1cc(-c3ccc(-c4nc5cc(-c6ccccc6)ccc5c5c6ccccc6c6ccccc6c45)cc3)ccc1n2-c1ccccc1. The first-order chi connectivity index (χ1) is 27.2. The summed E-state index contributed by atoms with van der Waals surface area (Å²) in [5.41, 5.74) is 11.5. The zero-order valence-electron chi connectivity index (χ0n) is 29.7. The number of nitriles is 1. The number of fused-ring (bicyclic) bond motifs is 11. The lowest BCUT2D eigenvalue weighted by molar-refractivity contribution is 1.18. The molecule has 0 aliphatic rings. The van der Waals surface area contributed by atoms with E-state index in [4.69, 9.17) is 4.98 Å². The zero-order valence-corrected chi connectivity index (χ0v) is 29.7. The van der Waals surface area contributed by atoms with Crippen LogP contribution in [-0.2, 0) is 0 Å². The van der Waals surface area contributed by atoms with Gasteiger partial charge in [-0.2, -0.15) is 5.26 Å². The molecule has 0 fully saturated rings. The molecule has 2 heterocycles. The van der Waals surface area contributed by atoms with Crippen LogP contribution in [0.25, 0.3) is 104 Å². The van der Waals surface area contributed by atoms with Crippen LogP contribution in [0.2, 0.25) is 0 Å². The van der Waals surface area contributed by atoms with Gasteiger partial charge >= 0.3 is 0 Å². The van der Waals surface area contributed by atoms with E-state index < -0.39 is 0 Å². The Hall–Kier alpha value is -7.54. The van der Waals surface area contributed by atoms with Crippen LogP contribution in [0.3, 0.4) is 0 Å². The normalized spacial score (nSPS) is 11.6. The topological polar surface area (TPSA) is 41.6 Å². The summed E-state index contributed by atoms with van der Waals surface area (Å²) in [7, 11) is 0. The molecule has 0 saturated heterocycles. The summed E-state index contributed by atoms with van der Waals surface area (Å²) in [6, 6.07) is 69.1. The third-order valence-electron chi connectivity index (χ3n) is 11.2. The van der Waals surface area contributed by atoms with Gasteiger partial charge in [-0.15, -0.1) is 0 Å². The van der Waals surface area contributed by atoms with Gasteiger partial charge in [0, 0.05) is 38.2 Å². The third kappa shape index (κ3) is 4.86. The molecule has 0 bridgehead atoms. The van der Waals surface area contributed by atoms with Gasteiger partial charge < -0.3 is 4.57 Å². The number of hydrogen-bond donors (Lipinski definition) is 0. The van der Waals surface area contributed by atoms with E-state index in [0.717, 1.165) is 66.3 Å². The van der Waals surface area contributed by atoms with Crippen molar-refractivity contribution in [1.82, 2.24) is 9.55 Å². The van der Waals surface area contributed by atoms with E-state index in [9.17, 15) is 5.26 Å². The van der Waals surface area contributed by atoms with Crippen LogP contribution in [0.4, 0.5) is 0 Å². The summed E-state index contributed by atoms with van der Waals surface area (Å²) >= 11 is 0. The number of aromatic nitrogens is 2. The van der Waals surface area contributed by atoms with Crippen LogP contribution < -0.4 is 0 Å². The average Bonchev–Trinajstić information content (AvgIpc) is 3.59. The Morgan fingerprint density at radius 1 is 0.382 bits per heavy atom. The van der Waals surface area contributed by atoms with Gasteiger partial charge in [0.2, 0.25) is 0 Å². The minimum absolute atomic E-state index is 0.653. The van der Waals surface area contributed by atoms with Crippen LogP contribution in [0.5, 0.6) is 0 Å². The van der Waals surface area contributed by atoms with Gasteiger partial charge in [0.15, 0.2) is 0 Å². The van der Waals surface area contributed by atoms with Crippen LogP contribution in [0.1, 0.15) is 5.56 Å². The number of benzene rings is 9. The van der Waals surface area contributed by atoms with E-state index in [0.29, 0.717) is 5.56 Å². The van der Waals surface area contributed by atoms with E-state index in [1.165, 1.54) is 37.9 Å². The van der Waals surface area contributed by atoms with E-state index in [-0.39, 0.29) is 0 Å². The van der Waals surface area contributed by atoms with Gasteiger partial charge in [0.05, 0.1) is 33.9 Å². The van der Waals surface area contributed by atoms with E-state index in [2.05, 4.69) is 180 Å². The first kappa shape index (κ1) is 31.0. The lowest BCUT2D eigenvalue weighted by atomic mass is 9.89. The summed E-state index contributed by atoms with van der Waals surface area (Å²) in [6.45, 7) is 0. The van der Waals surface area contributed by atoms with Crippen molar-refractivity contribution in [3.8, 4) is 45.3 Å². The average molecular weight is 698 g/mol. The van der Waals surface area contributed by atoms with Gasteiger partial charge in [-0.25, -0.2) is 4.98 Å². The van der Waals surface area contributed by atoms with Crippen LogP contribution in [0, 0.1) is 11.3 Å². The highest BCUT2D eigenvalue weighted by Gasteiger charge is 2.19. The fourth-order valence-corrected chi connectivity index (χ4v) is 8.65. The Labute approximate surface area is 317 Å². The van der Waals surface area contributed by atoms with E-state index in [1.807, 2.05) is 18.2 Å². The number of hydrogen-bond acceptors (Lipinski definition) is 2. The lowest BCUT2D eigenvalue weighted by Crippen LogP contribution is -1.94. The molecule has 9 aromatic carbocycles. The molecule has 3 heteroatoms. The zero-order chi connectivity index (χ0) is 36.5. The number of pyridine rings is 1. The predicted molar refractivity (Wildman–Crippen MR) is 230 cm³/mol. The minimum Gasteiger partial charge on any atom is -0.309 e. The quantitative estimate of drug-likeness (QED) is 0.172. The van der Waals surface area contributed by atoms with Crippen molar-refractivity contribution in [2.45, 2.75) is 0 Å². The van der Waals surface area contributed by atoms with Crippen molar-refractivity contribution in [3.63, 3.8) is 0 Å². The highest BCUT2D eigenvalue weighted by Crippen LogP contribution is 2.44. The van der Waals surface area contributed by atoms with Gasteiger partial charge in [-0.1, -0.05) is 140 Å². The maximum atomic E-state index is 9.78. The molecule has 0 N–H and O–H groups in total. The third-order valence-corrected chi connectivity index (χ3v) is 11.2. The Morgan fingerprint density at radius 3 is 1.62 bits per heavy atom. The Bertz CT molecular complexity index is 3350. The molecule has 0 aliphatic carbocycles. The minimum atomic E-state index is 0.653. The van der Waals surface area contributed by atoms with Gasteiger partial charge in [0.25, 0.3) is 0 Å². The van der Waals surface area contributed by atoms with Crippen molar-refractivity contribution in [1.29, 1.82) is 5.26 Å². The second kappa shape index (κ2) is 12.3. The maximum absolute atomic E-state index is 9.78. The monoisotopic (exact) mass is 697 g/mol. The molecule has 11 rings (SSSR count). The molecular formula is C52H31N3. The molecule has 55 heavy (non-hydrogen) atoms.